The Morgan fingerprint density at radius 2 is 1.43 bits per heavy atom. The van der Waals surface area contributed by atoms with Crippen LogP contribution in [0.15, 0.2) is 48.7 Å². The first-order valence-electron chi connectivity index (χ1n) is 8.07. The largest absolute Gasteiger partial charge is 0.454 e. The van der Waals surface area contributed by atoms with Gasteiger partial charge in [-0.25, -0.2) is 0 Å². The Hall–Kier alpha value is -3.14. The molecule has 3 rings (SSSR count). The second-order valence-electron chi connectivity index (χ2n) is 6.03. The van der Waals surface area contributed by atoms with Gasteiger partial charge in [-0.05, 0) is 36.4 Å². The van der Waals surface area contributed by atoms with Crippen molar-refractivity contribution in [2.45, 2.75) is 12.4 Å². The number of alkyl halides is 6. The summed E-state index contributed by atoms with van der Waals surface area (Å²) in [5.41, 5.74) is -2.99. The lowest BCUT2D eigenvalue weighted by Gasteiger charge is -2.18. The lowest BCUT2D eigenvalue weighted by Crippen LogP contribution is -2.26. The molecule has 0 spiro atoms. The van der Waals surface area contributed by atoms with Crippen LogP contribution in [0.25, 0.3) is 10.9 Å². The van der Waals surface area contributed by atoms with E-state index in [2.05, 4.69) is 10.3 Å². The molecule has 0 radical (unpaired) electrons. The number of benzene rings is 2. The zero-order valence-corrected chi connectivity index (χ0v) is 15.3. The van der Waals surface area contributed by atoms with Crippen LogP contribution in [0.4, 0.5) is 37.7 Å². The van der Waals surface area contributed by atoms with Gasteiger partial charge in [-0.3, -0.25) is 14.6 Å². The van der Waals surface area contributed by atoms with Gasteiger partial charge in [0.2, 0.25) is 0 Å². The van der Waals surface area contributed by atoms with Crippen molar-refractivity contribution in [3.63, 3.8) is 0 Å². The van der Waals surface area contributed by atoms with Crippen LogP contribution in [0.2, 0.25) is 5.02 Å². The van der Waals surface area contributed by atoms with E-state index in [1.165, 1.54) is 30.3 Å². The van der Waals surface area contributed by atoms with Gasteiger partial charge < -0.3 is 5.32 Å². The van der Waals surface area contributed by atoms with Gasteiger partial charge in [0, 0.05) is 27.9 Å². The van der Waals surface area contributed by atoms with Crippen molar-refractivity contribution in [1.29, 1.82) is 0 Å². The normalized spacial score (nSPS) is 12.1. The van der Waals surface area contributed by atoms with Crippen LogP contribution in [0.5, 0.6) is 0 Å². The molecule has 2 aromatic carbocycles. The van der Waals surface area contributed by atoms with E-state index in [4.69, 9.17) is 11.6 Å². The third kappa shape index (κ3) is 4.23. The van der Waals surface area contributed by atoms with Crippen molar-refractivity contribution in [3.8, 4) is 0 Å². The highest BCUT2D eigenvalue weighted by Crippen LogP contribution is 2.37. The molecule has 0 saturated heterocycles. The van der Waals surface area contributed by atoms with Crippen molar-refractivity contribution >= 4 is 45.4 Å². The third-order valence-corrected chi connectivity index (χ3v) is 4.26. The molecule has 0 saturated carbocycles. The Bertz CT molecular complexity index is 1140. The van der Waals surface area contributed by atoms with Crippen LogP contribution in [0.1, 0.15) is 20.7 Å². The van der Waals surface area contributed by atoms with E-state index >= 15 is 0 Å². The first kappa shape index (κ1) is 21.6. The summed E-state index contributed by atoms with van der Waals surface area (Å²) < 4.78 is 78.5. The van der Waals surface area contributed by atoms with E-state index in [9.17, 15) is 35.9 Å². The average molecular weight is 447 g/mol. The minimum absolute atomic E-state index is 0.192. The molecule has 3 aromatic rings. The number of carbonyl (C=O) groups is 2. The molecular formula is C19H9ClF6N2O2. The maximum Gasteiger partial charge on any atom is 0.454 e. The van der Waals surface area contributed by atoms with E-state index in [1.807, 2.05) is 0 Å². The highest BCUT2D eigenvalue weighted by atomic mass is 35.5. The summed E-state index contributed by atoms with van der Waals surface area (Å²) in [5.74, 6) is -4.82. The van der Waals surface area contributed by atoms with Crippen molar-refractivity contribution in [2.75, 3.05) is 5.32 Å². The smallest absolute Gasteiger partial charge is 0.353 e. The minimum atomic E-state index is -5.41. The number of carbonyl (C=O) groups excluding carboxylic acids is 2. The molecule has 0 amide bonds. The highest BCUT2D eigenvalue weighted by molar-refractivity contribution is 6.30. The van der Waals surface area contributed by atoms with Crippen molar-refractivity contribution in [1.82, 2.24) is 4.98 Å². The summed E-state index contributed by atoms with van der Waals surface area (Å²) >= 11 is 5.76. The summed E-state index contributed by atoms with van der Waals surface area (Å²) in [7, 11) is 0. The second kappa shape index (κ2) is 7.60. The Balaban J connectivity index is 2.34. The lowest BCUT2D eigenvalue weighted by atomic mass is 9.96. The van der Waals surface area contributed by atoms with Crippen LogP contribution in [0, 0.1) is 0 Å². The van der Waals surface area contributed by atoms with Gasteiger partial charge in [0.15, 0.2) is 0 Å². The summed E-state index contributed by atoms with van der Waals surface area (Å²) in [6.07, 6.45) is -9.66. The maximum atomic E-state index is 13.2. The van der Waals surface area contributed by atoms with Gasteiger partial charge in [-0.15, -0.1) is 0 Å². The average Bonchev–Trinajstić information content (AvgIpc) is 2.67. The number of hydrogen-bond acceptors (Lipinski definition) is 4. The molecule has 1 aromatic heterocycles. The number of hydrogen-bond donors (Lipinski definition) is 1. The molecule has 0 fully saturated rings. The Kier molecular flexibility index (Phi) is 5.46. The van der Waals surface area contributed by atoms with Gasteiger partial charge in [-0.2, -0.15) is 26.3 Å². The van der Waals surface area contributed by atoms with Crippen molar-refractivity contribution in [2.24, 2.45) is 0 Å². The Morgan fingerprint density at radius 1 is 0.867 bits per heavy atom. The molecule has 0 bridgehead atoms. The fourth-order valence-corrected chi connectivity index (χ4v) is 2.85. The highest BCUT2D eigenvalue weighted by Gasteiger charge is 2.44. The molecule has 1 N–H and O–H groups in total. The number of rotatable bonds is 4. The summed E-state index contributed by atoms with van der Waals surface area (Å²) in [6, 6.07) is 8.18. The first-order valence-corrected chi connectivity index (χ1v) is 8.44. The number of anilines is 2. The summed E-state index contributed by atoms with van der Waals surface area (Å²) in [5, 5.41) is 2.52. The molecule has 0 unspecified atom stereocenters. The predicted octanol–water partition coefficient (Wildman–Crippen LogP) is 6.12. The molecular weight excluding hydrogens is 438 g/mol. The van der Waals surface area contributed by atoms with Gasteiger partial charge in [0.05, 0.1) is 16.8 Å². The van der Waals surface area contributed by atoms with Gasteiger partial charge in [-0.1, -0.05) is 17.7 Å². The Labute approximate surface area is 169 Å². The molecule has 11 heteroatoms. The zero-order valence-electron chi connectivity index (χ0n) is 14.5. The van der Waals surface area contributed by atoms with Crippen molar-refractivity contribution in [3.05, 3.63) is 64.8 Å². The van der Waals surface area contributed by atoms with Gasteiger partial charge >= 0.3 is 12.4 Å². The molecule has 0 atom stereocenters. The van der Waals surface area contributed by atoms with Crippen molar-refractivity contribution < 1.29 is 35.9 Å². The quantitative estimate of drug-likeness (QED) is 0.387. The number of nitrogens with zero attached hydrogens (tertiary/aromatic N) is 1. The van der Waals surface area contributed by atoms with E-state index in [0.717, 1.165) is 12.3 Å². The lowest BCUT2D eigenvalue weighted by molar-refractivity contribution is -0.0886. The monoisotopic (exact) mass is 446 g/mol. The SMILES string of the molecule is O=C(c1cc(C(=O)C(F)(F)F)c2cccnc2c1Nc1ccc(Cl)cc1)C(F)(F)F. The maximum absolute atomic E-state index is 13.2. The topological polar surface area (TPSA) is 59.1 Å². The Morgan fingerprint density at radius 3 is 2.00 bits per heavy atom. The molecule has 0 aliphatic rings. The molecule has 30 heavy (non-hydrogen) atoms. The fourth-order valence-electron chi connectivity index (χ4n) is 2.72. The van der Waals surface area contributed by atoms with E-state index < -0.39 is 46.3 Å². The number of pyridine rings is 1. The number of ketones is 2. The van der Waals surface area contributed by atoms with Crippen LogP contribution in [0.3, 0.4) is 0 Å². The van der Waals surface area contributed by atoms with Gasteiger partial charge in [0.25, 0.3) is 11.6 Å². The second-order valence-corrected chi connectivity index (χ2v) is 6.47. The molecule has 156 valence electrons. The van der Waals surface area contributed by atoms with E-state index in [1.54, 1.807) is 0 Å². The van der Waals surface area contributed by atoms with Crippen LogP contribution in [-0.2, 0) is 0 Å². The van der Waals surface area contributed by atoms with Crippen LogP contribution >= 0.6 is 11.6 Å². The number of aromatic nitrogens is 1. The van der Waals surface area contributed by atoms with Gasteiger partial charge in [0.1, 0.15) is 0 Å². The fraction of sp³-hybridized carbons (Fsp3) is 0.105. The first-order chi connectivity index (χ1) is 13.9. The molecule has 4 nitrogen and oxygen atoms in total. The number of fused-ring (bicyclic) bond motifs is 1. The van der Waals surface area contributed by atoms with E-state index in [0.29, 0.717) is 5.02 Å². The molecule has 1 heterocycles. The zero-order chi connectivity index (χ0) is 22.3. The van der Waals surface area contributed by atoms with E-state index in [-0.39, 0.29) is 17.1 Å². The summed E-state index contributed by atoms with van der Waals surface area (Å²) in [6.45, 7) is 0. The number of Topliss-reactive ketones (excluding diaryl/α,β-unsaturated/α-hetero) is 2. The standard InChI is InChI=1S/C19H9ClF6N2O2/c20-9-3-5-10(6-4-9)28-15-13(17(30)19(24,25)26)8-12(16(29)18(21,22)23)11-2-1-7-27-14(11)15/h1-8,28H. The number of nitrogens with one attached hydrogen (secondary N) is 1. The molecule has 0 aliphatic heterocycles. The molecule has 0 aliphatic carbocycles. The van der Waals surface area contributed by atoms with Crippen LogP contribution < -0.4 is 5.32 Å². The minimum Gasteiger partial charge on any atom is -0.353 e. The van der Waals surface area contributed by atoms with Crippen LogP contribution in [-0.4, -0.2) is 28.9 Å². The predicted molar refractivity (Wildman–Crippen MR) is 97.2 cm³/mol. The third-order valence-electron chi connectivity index (χ3n) is 4.01. The number of halogens is 7. The summed E-state index contributed by atoms with van der Waals surface area (Å²) in [4.78, 5) is 27.6.